The van der Waals surface area contributed by atoms with Gasteiger partial charge >= 0.3 is 59.1 Å². The molecule has 8 rings (SSSR count). The summed E-state index contributed by atoms with van der Waals surface area (Å²) >= 11 is 0. The van der Waals surface area contributed by atoms with Crippen molar-refractivity contribution in [2.45, 2.75) is 55.4 Å². The van der Waals surface area contributed by atoms with Gasteiger partial charge in [0.15, 0.2) is 0 Å². The van der Waals surface area contributed by atoms with E-state index in [0.29, 0.717) is 5.69 Å². The molecule has 613 valence electrons. The molecule has 8 aromatic rings. The molecule has 1 radical (unpaired) electrons. The Morgan fingerprint density at radius 1 is 0.447 bits per heavy atom. The maximum Gasteiger partial charge on any atom is 1.00 e. The molecule has 8 aromatic carbocycles. The second kappa shape index (κ2) is 75.9. The van der Waals surface area contributed by atoms with Gasteiger partial charge in [0.2, 0.25) is 0 Å². The van der Waals surface area contributed by atoms with Crippen LogP contribution in [0.3, 0.4) is 0 Å². The molecule has 0 aliphatic carbocycles. The van der Waals surface area contributed by atoms with Crippen LogP contribution in [0.1, 0.15) is 55.4 Å². The minimum Gasteiger partial charge on any atom is -1.00 e. The third-order valence-corrected chi connectivity index (χ3v) is 30.5. The number of nitrogens with two attached hydrogens (primary N) is 1. The SMILES string of the molecule is C/C=C\CP(C/C=C\C)c1ccccc1.C/C=C\C[P+](C/C=C\C)(c1ccccc1)c1ccc([18F])cc1.C/C=C\C[P+](C/C=C\C)(c1ccccc1)c1ccc([N+](=O)[O-])cc1.C/C=C\C[P+](C/C=C\C)(c1ccccc1)c1ccc([N+](=O)[O-])cc1.Cl.I.N.Nc1ccc([N+](=O)[O-])cc1.O=N[O-].O=[N+]([O-])O.[18FH].[Ag].[I-].[Na+].[Na+].[O-]NOO. The van der Waals surface area contributed by atoms with Crippen molar-refractivity contribution in [2.24, 2.45) is 5.34 Å². The van der Waals surface area contributed by atoms with Crippen LogP contribution >= 0.6 is 66.1 Å². The third kappa shape index (κ3) is 47.5. The predicted molar refractivity (Wildman–Crippen MR) is 477 cm³/mol. The zero-order valence-electron chi connectivity index (χ0n) is 65.6. The number of benzene rings is 8. The summed E-state index contributed by atoms with van der Waals surface area (Å²) in [6.45, 7) is 16.4. The van der Waals surface area contributed by atoms with Crippen molar-refractivity contribution in [1.82, 2.24) is 11.8 Å². The standard InChI is InChI=1S/C20H23FP.2C20H23NO2P.C14H19P.C6H6N2O2.Ag.ClH.FH.2HI.H2NO3.HNO3.HNO2.H3N.2Na/c1-3-5-16-22(17-6-4-2,19-10-8-7-9-11-19)20-14-12-18(21)13-15-20;2*1-3-5-16-24(17-6-4-2,19-10-8-7-9-11-19)20-14-12-18(13-15-20)21(22)23;1-3-5-12-15(13-6-4-2)14-10-8-7-9-11-14;7-5-1-3-6(4-2-5)8(9)10;;;;;;2-1-4-3;2-1(3)4;2-1-3;;;/h3-15H,16-17H2,1-2H3;2*3-15H,16-17H2,1-2H3;3-11H,12-13H2,1-2H3;1-4H,7H2;;4*1H;1,3H;(H,2,3,4);(H,2,3);1H3;;/q3*+1;;;;;;;;-1;;;;2*+1/p-2/b4*5-3-,6-4-;;;;;;;;;;;;/i21-1;;;;;;;1-1;;;;;;;;. The number of halogens is 5. The summed E-state index contributed by atoms with van der Waals surface area (Å²) in [6, 6.07) is 69.6. The van der Waals surface area contributed by atoms with Gasteiger partial charge in [-0.15, -0.1) is 51.8 Å². The fraction of sp³-hybridized carbons (Fsp3) is 0.200. The molecule has 0 aromatic heterocycles. The second-order valence-corrected chi connectivity index (χ2v) is 35.6. The van der Waals surface area contributed by atoms with E-state index in [2.05, 4.69) is 233 Å². The number of nitrogen functional groups attached to an aromatic ring is 1. The monoisotopic (exact) mass is 2000 g/mol. The minimum absolute atomic E-state index is 0. The Hall–Kier alpha value is -5.85. The van der Waals surface area contributed by atoms with Gasteiger partial charge in [-0.3, -0.25) is 35.0 Å². The molecular weight excluding hydrogens is 1900 g/mol. The number of non-ortho nitro benzene ring substituents is 3. The van der Waals surface area contributed by atoms with E-state index in [1.807, 2.05) is 82.3 Å². The molecule has 0 bridgehead atoms. The van der Waals surface area contributed by atoms with Gasteiger partial charge in [0.25, 0.3) is 22.1 Å². The number of nitrogens with one attached hydrogen (secondary N) is 1. The summed E-state index contributed by atoms with van der Waals surface area (Å²) in [5.41, 5.74) is 6.92. The fourth-order valence-electron chi connectivity index (χ4n) is 10.2. The van der Waals surface area contributed by atoms with Gasteiger partial charge in [0.1, 0.15) is 21.7 Å². The molecule has 0 amide bonds. The minimum atomic E-state index is -1.68. The number of hydrogen-bond donors (Lipinski definition) is 5. The van der Waals surface area contributed by atoms with Gasteiger partial charge in [-0.05, 0) is 170 Å². The predicted octanol–water partition coefficient (Wildman–Crippen LogP) is 11.2. The molecule has 0 fully saturated rings. The number of allylic oxidation sites excluding steroid dienone is 16. The summed E-state index contributed by atoms with van der Waals surface area (Å²) < 4.78 is 13.4. The van der Waals surface area contributed by atoms with Crippen LogP contribution in [0.15, 0.2) is 321 Å². The third-order valence-electron chi connectivity index (χ3n) is 15.5. The van der Waals surface area contributed by atoms with Gasteiger partial charge in [0, 0.05) is 64.5 Å². The van der Waals surface area contributed by atoms with Crippen LogP contribution in [0.2, 0.25) is 0 Å². The van der Waals surface area contributed by atoms with E-state index in [0.717, 1.165) is 48.0 Å². The molecule has 0 unspecified atom stereocenters. The maximum absolute atomic E-state index is 13.4. The molecule has 0 aliphatic rings. The van der Waals surface area contributed by atoms with Crippen molar-refractivity contribution in [2.75, 3.05) is 55.0 Å². The van der Waals surface area contributed by atoms with Crippen molar-refractivity contribution >= 4 is 126 Å². The van der Waals surface area contributed by atoms with Crippen molar-refractivity contribution in [3.05, 3.63) is 377 Å². The number of hydrogen-bond acceptors (Lipinski definition) is 17. The first-order valence-electron chi connectivity index (χ1n) is 33.3. The van der Waals surface area contributed by atoms with Crippen LogP contribution < -0.4 is 138 Å². The number of nitro benzene ring substituents is 3. The van der Waals surface area contributed by atoms with E-state index in [1.54, 1.807) is 36.4 Å². The van der Waals surface area contributed by atoms with E-state index in [9.17, 15) is 34.7 Å². The summed E-state index contributed by atoms with van der Waals surface area (Å²) in [4.78, 5) is 50.0. The summed E-state index contributed by atoms with van der Waals surface area (Å²) in [6.07, 6.45) is 43.0. The molecule has 0 saturated carbocycles. The smallest absolute Gasteiger partial charge is 1.00 e. The molecule has 34 heteroatoms. The van der Waals surface area contributed by atoms with Crippen LogP contribution in [-0.2, 0) is 27.4 Å². The number of anilines is 1. The first-order chi connectivity index (χ1) is 51.1. The van der Waals surface area contributed by atoms with Crippen LogP contribution in [-0.4, -0.2) is 79.6 Å². The molecule has 22 nitrogen and oxygen atoms in total. The van der Waals surface area contributed by atoms with Gasteiger partial charge in [-0.2, -0.15) is 4.99 Å². The molecule has 0 spiro atoms. The Balaban J connectivity index is -0.000000199. The van der Waals surface area contributed by atoms with Gasteiger partial charge in [-0.1, -0.05) is 190 Å². The van der Waals surface area contributed by atoms with Gasteiger partial charge in [-0.25, -0.2) is 15.3 Å². The Kier molecular flexibility index (Phi) is 82.4. The largest absolute Gasteiger partial charge is 1.00 e. The number of rotatable bonds is 27. The molecule has 8 N–H and O–H groups in total. The fourth-order valence-corrected chi connectivity index (χ4v) is 24.0. The van der Waals surface area contributed by atoms with Crippen LogP contribution in [0.25, 0.3) is 0 Å². The number of nitrogens with zero attached hydrogens (tertiary/aromatic N) is 5. The van der Waals surface area contributed by atoms with Crippen molar-refractivity contribution < 1.29 is 150 Å². The topological polar surface area (TPSA) is 371 Å². The molecular formula is C80H103AgClF2I2N8Na2O14P4+2. The van der Waals surface area contributed by atoms with E-state index in [-0.39, 0.29) is 193 Å². The quantitative estimate of drug-likeness (QED) is 0.00367. The van der Waals surface area contributed by atoms with Crippen molar-refractivity contribution in [3.63, 3.8) is 0 Å². The Labute approximate surface area is 772 Å². The van der Waals surface area contributed by atoms with Crippen molar-refractivity contribution in [3.8, 4) is 0 Å². The van der Waals surface area contributed by atoms with Gasteiger partial charge < -0.3 is 56.4 Å². The van der Waals surface area contributed by atoms with E-state index in [1.165, 1.54) is 73.7 Å². The van der Waals surface area contributed by atoms with E-state index in [4.69, 9.17) is 41.6 Å². The first kappa shape index (κ1) is 124. The normalized spacial score (nSPS) is 10.4. The molecule has 0 saturated heterocycles. The Bertz CT molecular complexity index is 3860. The van der Waals surface area contributed by atoms with Crippen LogP contribution in [0.4, 0.5) is 31.8 Å². The zero-order chi connectivity index (χ0) is 78.9. The van der Waals surface area contributed by atoms with Crippen LogP contribution in [0, 0.1) is 61.6 Å². The van der Waals surface area contributed by atoms with E-state index >= 15 is 0 Å². The molecule has 0 heterocycles. The summed E-state index contributed by atoms with van der Waals surface area (Å²) in [7, 11) is -5.00. The van der Waals surface area contributed by atoms with Crippen LogP contribution in [0.5, 0.6) is 0 Å². The summed E-state index contributed by atoms with van der Waals surface area (Å²) in [5.74, 6) is -0.174. The second-order valence-electron chi connectivity index (χ2n) is 22.2. The molecule has 114 heavy (non-hydrogen) atoms. The van der Waals surface area contributed by atoms with E-state index < -0.39 is 31.8 Å². The van der Waals surface area contributed by atoms with Crippen molar-refractivity contribution in [1.29, 1.82) is 0 Å². The first-order valence-corrected chi connectivity index (χ1v) is 41.5. The number of nitro groups is 3. The Morgan fingerprint density at radius 3 is 0.842 bits per heavy atom. The Morgan fingerprint density at radius 2 is 0.640 bits per heavy atom. The average molecular weight is 2000 g/mol. The summed E-state index contributed by atoms with van der Waals surface area (Å²) in [5, 5.41) is 79.4. The average Bonchev–Trinajstić information content (AvgIpc) is 0.796. The maximum atomic E-state index is 13.4. The molecule has 0 aliphatic heterocycles. The zero-order valence-corrected chi connectivity index (χ0v) is 79.9. The molecule has 0 atom stereocenters. The van der Waals surface area contributed by atoms with Gasteiger partial charge in [0.05, 0.1) is 89.4 Å².